The molecule has 0 aliphatic rings. The predicted molar refractivity (Wildman–Crippen MR) is 51.6 cm³/mol. The summed E-state index contributed by atoms with van der Waals surface area (Å²) in [7, 11) is -10.0. The van der Waals surface area contributed by atoms with E-state index in [0.717, 1.165) is 0 Å². The second kappa shape index (κ2) is 6.44. The van der Waals surface area contributed by atoms with E-state index in [9.17, 15) is 43.2 Å². The van der Waals surface area contributed by atoms with Gasteiger partial charge in [0.1, 0.15) is 0 Å². The Morgan fingerprint density at radius 2 is 0.900 bits per heavy atom. The Balaban J connectivity index is 4.22. The quantitative estimate of drug-likeness (QED) is 0.382. The van der Waals surface area contributed by atoms with E-state index in [1.54, 1.807) is 0 Å². The SMILES string of the molecule is O=S(=O)(CC(F)(F)F)OCCOS(=O)(=O)CC(F)(F)F. The first-order valence-electron chi connectivity index (χ1n) is 4.50. The van der Waals surface area contributed by atoms with Crippen LogP contribution in [-0.4, -0.2) is 53.9 Å². The molecular weight excluding hydrogens is 346 g/mol. The first-order valence-corrected chi connectivity index (χ1v) is 7.65. The van der Waals surface area contributed by atoms with Crippen LogP contribution < -0.4 is 0 Å². The van der Waals surface area contributed by atoms with Crippen molar-refractivity contribution in [1.82, 2.24) is 0 Å². The third-order valence-electron chi connectivity index (χ3n) is 1.29. The van der Waals surface area contributed by atoms with Crippen LogP contribution in [0.3, 0.4) is 0 Å². The molecule has 0 spiro atoms. The number of rotatable bonds is 7. The third-order valence-corrected chi connectivity index (χ3v) is 3.70. The summed E-state index contributed by atoms with van der Waals surface area (Å²) in [6.45, 7) is -2.34. The Morgan fingerprint density at radius 3 is 1.10 bits per heavy atom. The Morgan fingerprint density at radius 1 is 0.650 bits per heavy atom. The molecule has 0 fully saturated rings. The summed E-state index contributed by atoms with van der Waals surface area (Å²) in [5.41, 5.74) is 0. The minimum atomic E-state index is -5.07. The summed E-state index contributed by atoms with van der Waals surface area (Å²) < 4.78 is 120. The maximum atomic E-state index is 11.7. The maximum Gasteiger partial charge on any atom is 0.405 e. The number of hydrogen-bond donors (Lipinski definition) is 0. The van der Waals surface area contributed by atoms with Crippen molar-refractivity contribution in [2.75, 3.05) is 24.7 Å². The largest absolute Gasteiger partial charge is 0.405 e. The molecule has 0 aromatic carbocycles. The highest BCUT2D eigenvalue weighted by molar-refractivity contribution is 7.87. The van der Waals surface area contributed by atoms with Crippen molar-refractivity contribution in [3.05, 3.63) is 0 Å². The minimum absolute atomic E-state index is 1.17. The van der Waals surface area contributed by atoms with Gasteiger partial charge in [-0.05, 0) is 0 Å². The fourth-order valence-electron chi connectivity index (χ4n) is 0.806. The Hall–Kier alpha value is -0.600. The van der Waals surface area contributed by atoms with Gasteiger partial charge in [-0.3, -0.25) is 8.37 Å². The highest BCUT2D eigenvalue weighted by atomic mass is 32.2. The molecule has 0 N–H and O–H groups in total. The van der Waals surface area contributed by atoms with Crippen LogP contribution in [0.2, 0.25) is 0 Å². The van der Waals surface area contributed by atoms with E-state index in [0.29, 0.717) is 0 Å². The molecule has 0 saturated heterocycles. The summed E-state index contributed by atoms with van der Waals surface area (Å²) in [5.74, 6) is -4.62. The molecule has 0 rings (SSSR count). The van der Waals surface area contributed by atoms with Crippen LogP contribution >= 0.6 is 0 Å². The highest BCUT2D eigenvalue weighted by Crippen LogP contribution is 2.19. The topological polar surface area (TPSA) is 86.7 Å². The van der Waals surface area contributed by atoms with Gasteiger partial charge in [-0.25, -0.2) is 0 Å². The molecule has 6 nitrogen and oxygen atoms in total. The van der Waals surface area contributed by atoms with Crippen molar-refractivity contribution in [1.29, 1.82) is 0 Å². The van der Waals surface area contributed by atoms with Crippen molar-refractivity contribution < 1.29 is 51.5 Å². The first kappa shape index (κ1) is 19.4. The molecule has 0 aliphatic heterocycles. The number of hydrogen-bond acceptors (Lipinski definition) is 6. The molecule has 0 bridgehead atoms. The Kier molecular flexibility index (Phi) is 6.25. The van der Waals surface area contributed by atoms with Crippen LogP contribution in [0, 0.1) is 0 Å². The fraction of sp³-hybridized carbons (Fsp3) is 1.00. The average Bonchev–Trinajstić information content (AvgIpc) is 2.04. The van der Waals surface area contributed by atoms with Gasteiger partial charge in [-0.15, -0.1) is 0 Å². The lowest BCUT2D eigenvalue weighted by atomic mass is 10.8. The summed E-state index contributed by atoms with van der Waals surface area (Å²) >= 11 is 0. The minimum Gasteiger partial charge on any atom is -0.267 e. The van der Waals surface area contributed by atoms with Crippen molar-refractivity contribution in [3.63, 3.8) is 0 Å². The molecule has 0 heterocycles. The zero-order valence-electron chi connectivity index (χ0n) is 9.36. The molecule has 20 heavy (non-hydrogen) atoms. The van der Waals surface area contributed by atoms with Gasteiger partial charge in [-0.1, -0.05) is 0 Å². The van der Waals surface area contributed by atoms with E-state index in [-0.39, 0.29) is 0 Å². The van der Waals surface area contributed by atoms with Crippen molar-refractivity contribution >= 4 is 20.2 Å². The van der Waals surface area contributed by atoms with Crippen molar-refractivity contribution in [2.45, 2.75) is 12.4 Å². The van der Waals surface area contributed by atoms with E-state index in [1.165, 1.54) is 0 Å². The molecule has 14 heteroatoms. The van der Waals surface area contributed by atoms with Gasteiger partial charge in [0.2, 0.25) is 0 Å². The van der Waals surface area contributed by atoms with E-state index >= 15 is 0 Å². The van der Waals surface area contributed by atoms with E-state index in [2.05, 4.69) is 8.37 Å². The number of alkyl halides is 6. The summed E-state index contributed by atoms with van der Waals surface area (Å²) in [4.78, 5) is 0. The molecule has 0 unspecified atom stereocenters. The molecule has 0 saturated carbocycles. The second-order valence-electron chi connectivity index (χ2n) is 3.28. The van der Waals surface area contributed by atoms with Crippen LogP contribution in [0.4, 0.5) is 26.3 Å². The Labute approximate surface area is 109 Å². The zero-order valence-corrected chi connectivity index (χ0v) is 11.0. The van der Waals surface area contributed by atoms with Gasteiger partial charge in [0.15, 0.2) is 11.5 Å². The third kappa shape index (κ3) is 11.2. The lowest BCUT2D eigenvalue weighted by Crippen LogP contribution is -2.27. The molecule has 0 radical (unpaired) electrons. The monoisotopic (exact) mass is 354 g/mol. The van der Waals surface area contributed by atoms with E-state index < -0.39 is 57.3 Å². The maximum absolute atomic E-state index is 11.7. The van der Waals surface area contributed by atoms with E-state index in [4.69, 9.17) is 0 Å². The molecule has 0 aromatic heterocycles. The van der Waals surface area contributed by atoms with Gasteiger partial charge >= 0.3 is 12.4 Å². The second-order valence-corrected chi connectivity index (χ2v) is 6.56. The van der Waals surface area contributed by atoms with Crippen LogP contribution in [0.5, 0.6) is 0 Å². The zero-order chi connectivity index (χ0) is 16.2. The van der Waals surface area contributed by atoms with Crippen LogP contribution in [-0.2, 0) is 28.6 Å². The predicted octanol–water partition coefficient (Wildman–Crippen LogP) is 0.804. The summed E-state index contributed by atoms with van der Waals surface area (Å²) in [5, 5.41) is 0. The molecular formula is C6H8F6O6S2. The van der Waals surface area contributed by atoms with Crippen LogP contribution in [0.25, 0.3) is 0 Å². The van der Waals surface area contributed by atoms with Crippen LogP contribution in [0.15, 0.2) is 0 Å². The first-order chi connectivity index (χ1) is 8.62. The Bertz CT molecular complexity index is 455. The lowest BCUT2D eigenvalue weighted by molar-refractivity contribution is -0.109. The summed E-state index contributed by atoms with van der Waals surface area (Å²) in [6, 6.07) is 0. The molecule has 122 valence electrons. The van der Waals surface area contributed by atoms with Crippen molar-refractivity contribution in [3.8, 4) is 0 Å². The lowest BCUT2D eigenvalue weighted by Gasteiger charge is -2.09. The van der Waals surface area contributed by atoms with Crippen LogP contribution in [0.1, 0.15) is 0 Å². The van der Waals surface area contributed by atoms with Gasteiger partial charge in [-0.2, -0.15) is 43.2 Å². The van der Waals surface area contributed by atoms with Gasteiger partial charge in [0.25, 0.3) is 20.2 Å². The highest BCUT2D eigenvalue weighted by Gasteiger charge is 2.37. The standard InChI is InChI=1S/C6H8F6O6S2/c7-5(8,9)3-19(13,14)17-1-2-18-20(15,16)4-6(10,11)12/h1-4H2. The van der Waals surface area contributed by atoms with Gasteiger partial charge in [0.05, 0.1) is 13.2 Å². The molecule has 0 atom stereocenters. The summed E-state index contributed by atoms with van der Waals surface area (Å²) in [6.07, 6.45) is -10.1. The van der Waals surface area contributed by atoms with Gasteiger partial charge in [0, 0.05) is 0 Å². The average molecular weight is 354 g/mol. The molecule has 0 amide bonds. The smallest absolute Gasteiger partial charge is 0.267 e. The fourth-order valence-corrected chi connectivity index (χ4v) is 2.42. The van der Waals surface area contributed by atoms with E-state index in [1.807, 2.05) is 0 Å². The van der Waals surface area contributed by atoms with Crippen molar-refractivity contribution in [2.24, 2.45) is 0 Å². The normalized spacial score (nSPS) is 14.5. The molecule has 0 aromatic rings. The molecule has 0 aliphatic carbocycles. The van der Waals surface area contributed by atoms with Gasteiger partial charge < -0.3 is 0 Å². The number of halogens is 6.